The van der Waals surface area contributed by atoms with E-state index in [1.807, 2.05) is 17.9 Å². The van der Waals surface area contributed by atoms with Crippen molar-refractivity contribution in [1.82, 2.24) is 9.80 Å². The molecule has 2 aliphatic heterocycles. The highest BCUT2D eigenvalue weighted by molar-refractivity contribution is 6.08. The van der Waals surface area contributed by atoms with Crippen LogP contribution in [0, 0.1) is 0 Å². The van der Waals surface area contributed by atoms with Crippen molar-refractivity contribution in [1.29, 1.82) is 0 Å². The van der Waals surface area contributed by atoms with Gasteiger partial charge >= 0.3 is 0 Å². The van der Waals surface area contributed by atoms with E-state index < -0.39 is 0 Å². The maximum Gasteiger partial charge on any atom is 0.276 e. The molecule has 2 amide bonds. The van der Waals surface area contributed by atoms with Crippen molar-refractivity contribution in [3.05, 3.63) is 11.8 Å². The van der Waals surface area contributed by atoms with Gasteiger partial charge in [-0.05, 0) is 13.3 Å². The second kappa shape index (κ2) is 2.58. The third kappa shape index (κ3) is 0.978. The monoisotopic (exact) mass is 180 g/mol. The van der Waals surface area contributed by atoms with Gasteiger partial charge in [-0.25, -0.2) is 0 Å². The maximum atomic E-state index is 11.6. The molecule has 4 heteroatoms. The summed E-state index contributed by atoms with van der Waals surface area (Å²) in [5, 5.41) is 0. The Morgan fingerprint density at radius 3 is 2.85 bits per heavy atom. The zero-order valence-corrected chi connectivity index (χ0v) is 7.78. The lowest BCUT2D eigenvalue weighted by molar-refractivity contribution is -0.149. The molecule has 0 aromatic rings. The summed E-state index contributed by atoms with van der Waals surface area (Å²) in [5.74, 6) is -0.273. The lowest BCUT2D eigenvalue weighted by atomic mass is 10.1. The number of amides is 2. The van der Waals surface area contributed by atoms with Crippen LogP contribution in [0.25, 0.3) is 0 Å². The Kier molecular flexibility index (Phi) is 1.65. The Morgan fingerprint density at radius 1 is 1.46 bits per heavy atom. The topological polar surface area (TPSA) is 40.6 Å². The molecule has 0 aromatic heterocycles. The third-order valence-corrected chi connectivity index (χ3v) is 2.70. The van der Waals surface area contributed by atoms with Gasteiger partial charge in [-0.1, -0.05) is 6.08 Å². The number of nitrogens with zero attached hydrogens (tertiary/aromatic N) is 2. The molecular weight excluding hydrogens is 168 g/mol. The van der Waals surface area contributed by atoms with Gasteiger partial charge in [0.2, 0.25) is 0 Å². The summed E-state index contributed by atoms with van der Waals surface area (Å²) in [6.45, 7) is 2.63. The molecule has 0 spiro atoms. The number of hydrogen-bond donors (Lipinski definition) is 0. The van der Waals surface area contributed by atoms with E-state index in [9.17, 15) is 9.59 Å². The fourth-order valence-corrected chi connectivity index (χ4v) is 1.88. The Morgan fingerprint density at radius 2 is 2.15 bits per heavy atom. The van der Waals surface area contributed by atoms with Gasteiger partial charge in [-0.2, -0.15) is 0 Å². The summed E-state index contributed by atoms with van der Waals surface area (Å²) in [6, 6.07) is -0.184. The summed E-state index contributed by atoms with van der Waals surface area (Å²) in [5.41, 5.74) is 0.689. The predicted molar refractivity (Wildman–Crippen MR) is 46.6 cm³/mol. The van der Waals surface area contributed by atoms with Crippen LogP contribution < -0.4 is 0 Å². The quantitative estimate of drug-likeness (QED) is 0.491. The number of imide groups is 1. The van der Waals surface area contributed by atoms with E-state index in [1.165, 1.54) is 11.9 Å². The standard InChI is InChI=1S/C9H12N2O2/c1-6-8(12)10(2)9(13)7-4-3-5-11(6)7/h4,6H,3,5H2,1-2H3. The smallest absolute Gasteiger partial charge is 0.276 e. The fourth-order valence-electron chi connectivity index (χ4n) is 1.88. The van der Waals surface area contributed by atoms with Crippen LogP contribution in [0.4, 0.5) is 0 Å². The molecule has 2 rings (SSSR count). The highest BCUT2D eigenvalue weighted by Crippen LogP contribution is 2.25. The second-order valence-corrected chi connectivity index (χ2v) is 3.45. The molecule has 4 nitrogen and oxygen atoms in total. The molecule has 2 heterocycles. The van der Waals surface area contributed by atoms with Gasteiger partial charge < -0.3 is 4.90 Å². The van der Waals surface area contributed by atoms with E-state index >= 15 is 0 Å². The van der Waals surface area contributed by atoms with Crippen LogP contribution in [0.3, 0.4) is 0 Å². The molecule has 1 fully saturated rings. The van der Waals surface area contributed by atoms with Gasteiger partial charge in [0, 0.05) is 13.6 Å². The number of hydrogen-bond acceptors (Lipinski definition) is 3. The summed E-state index contributed by atoms with van der Waals surface area (Å²) >= 11 is 0. The number of piperazine rings is 1. The molecule has 70 valence electrons. The van der Waals surface area contributed by atoms with Gasteiger partial charge in [0.05, 0.1) is 5.70 Å². The number of fused-ring (bicyclic) bond motifs is 1. The Labute approximate surface area is 76.8 Å². The Hall–Kier alpha value is -1.32. The molecule has 0 aromatic carbocycles. The lowest BCUT2D eigenvalue weighted by Crippen LogP contribution is -2.54. The minimum Gasteiger partial charge on any atom is -0.355 e. The number of carbonyl (C=O) groups is 2. The number of rotatable bonds is 0. The van der Waals surface area contributed by atoms with Crippen LogP contribution in [-0.4, -0.2) is 41.2 Å². The zero-order chi connectivity index (χ0) is 9.59. The van der Waals surface area contributed by atoms with Crippen molar-refractivity contribution in [3.8, 4) is 0 Å². The maximum absolute atomic E-state index is 11.6. The zero-order valence-electron chi connectivity index (χ0n) is 7.78. The summed E-state index contributed by atoms with van der Waals surface area (Å²) in [4.78, 5) is 26.2. The Bertz CT molecular complexity index is 309. The average molecular weight is 180 g/mol. The molecule has 1 atom stereocenters. The van der Waals surface area contributed by atoms with Crippen LogP contribution in [0.2, 0.25) is 0 Å². The van der Waals surface area contributed by atoms with Crippen molar-refractivity contribution < 1.29 is 9.59 Å². The highest BCUT2D eigenvalue weighted by Gasteiger charge is 2.39. The molecule has 13 heavy (non-hydrogen) atoms. The lowest BCUT2D eigenvalue weighted by Gasteiger charge is -2.36. The first-order valence-electron chi connectivity index (χ1n) is 4.41. The molecule has 0 aliphatic carbocycles. The molecule has 1 unspecified atom stereocenters. The van der Waals surface area contributed by atoms with Gasteiger partial charge in [0.15, 0.2) is 0 Å². The molecule has 0 N–H and O–H groups in total. The van der Waals surface area contributed by atoms with E-state index in [1.54, 1.807) is 0 Å². The molecule has 0 bridgehead atoms. The van der Waals surface area contributed by atoms with Crippen molar-refractivity contribution in [3.63, 3.8) is 0 Å². The number of likely N-dealkylation sites (N-methyl/N-ethyl adjacent to an activating group) is 1. The SMILES string of the molecule is CC1C(=O)N(C)C(=O)C2=CCCN21. The van der Waals surface area contributed by atoms with Gasteiger partial charge in [-0.3, -0.25) is 14.5 Å². The second-order valence-electron chi connectivity index (χ2n) is 3.45. The van der Waals surface area contributed by atoms with Crippen molar-refractivity contribution in [2.24, 2.45) is 0 Å². The first-order chi connectivity index (χ1) is 6.13. The highest BCUT2D eigenvalue weighted by atomic mass is 16.2. The van der Waals surface area contributed by atoms with Gasteiger partial charge in [-0.15, -0.1) is 0 Å². The van der Waals surface area contributed by atoms with Crippen molar-refractivity contribution in [2.75, 3.05) is 13.6 Å². The van der Waals surface area contributed by atoms with Crippen molar-refractivity contribution >= 4 is 11.8 Å². The van der Waals surface area contributed by atoms with Crippen LogP contribution in [0.1, 0.15) is 13.3 Å². The predicted octanol–water partition coefficient (Wildman–Crippen LogP) is -0.0369. The third-order valence-electron chi connectivity index (χ3n) is 2.70. The number of carbonyl (C=O) groups excluding carboxylic acids is 2. The van der Waals surface area contributed by atoms with Crippen molar-refractivity contribution in [2.45, 2.75) is 19.4 Å². The van der Waals surface area contributed by atoms with E-state index in [0.29, 0.717) is 5.70 Å². The molecule has 0 radical (unpaired) electrons. The summed E-state index contributed by atoms with van der Waals surface area (Å²) in [6.07, 6.45) is 2.77. The fraction of sp³-hybridized carbons (Fsp3) is 0.556. The van der Waals surface area contributed by atoms with Crippen LogP contribution in [0.5, 0.6) is 0 Å². The van der Waals surface area contributed by atoms with E-state index in [-0.39, 0.29) is 17.9 Å². The normalized spacial score (nSPS) is 27.8. The van der Waals surface area contributed by atoms with Crippen LogP contribution >= 0.6 is 0 Å². The first kappa shape index (κ1) is 8.29. The Balaban J connectivity index is 2.38. The first-order valence-corrected chi connectivity index (χ1v) is 4.41. The largest absolute Gasteiger partial charge is 0.355 e. The molecule has 2 aliphatic rings. The van der Waals surface area contributed by atoms with Gasteiger partial charge in [0.1, 0.15) is 6.04 Å². The van der Waals surface area contributed by atoms with E-state index in [2.05, 4.69) is 0 Å². The minimum atomic E-state index is -0.184. The molecular formula is C9H12N2O2. The van der Waals surface area contributed by atoms with Gasteiger partial charge in [0.25, 0.3) is 11.8 Å². The molecule has 1 saturated heterocycles. The van der Waals surface area contributed by atoms with E-state index in [4.69, 9.17) is 0 Å². The van der Waals surface area contributed by atoms with Crippen LogP contribution in [-0.2, 0) is 9.59 Å². The summed E-state index contributed by atoms with van der Waals surface area (Å²) in [7, 11) is 1.54. The minimum absolute atomic E-state index is 0.107. The molecule has 0 saturated carbocycles. The average Bonchev–Trinajstić information content (AvgIpc) is 2.59. The summed E-state index contributed by atoms with van der Waals surface area (Å²) < 4.78 is 0. The van der Waals surface area contributed by atoms with E-state index in [0.717, 1.165) is 13.0 Å². The van der Waals surface area contributed by atoms with Crippen LogP contribution in [0.15, 0.2) is 11.8 Å².